The number of carbonyl (C=O) groups is 1. The van der Waals surface area contributed by atoms with E-state index in [1.165, 1.54) is 11.1 Å². The number of benzene rings is 2. The monoisotopic (exact) mass is 328 g/mol. The number of nitrogens with one attached hydrogen (secondary N) is 2. The minimum Gasteiger partial charge on any atom is -0.334 e. The van der Waals surface area contributed by atoms with Crippen molar-refractivity contribution < 1.29 is 9.00 Å². The average molecular weight is 328 g/mol. The summed E-state index contributed by atoms with van der Waals surface area (Å²) in [7, 11) is -0.944. The number of urea groups is 1. The average Bonchev–Trinajstić information content (AvgIpc) is 2.90. The number of anilines is 1. The van der Waals surface area contributed by atoms with E-state index in [2.05, 4.69) is 22.8 Å². The molecule has 0 radical (unpaired) electrons. The zero-order valence-electron chi connectivity index (χ0n) is 13.0. The second-order valence-corrected chi connectivity index (χ2v) is 7.28. The molecular weight excluding hydrogens is 308 g/mol. The minimum atomic E-state index is -0.944. The van der Waals surface area contributed by atoms with E-state index in [1.807, 2.05) is 36.4 Å². The van der Waals surface area contributed by atoms with E-state index in [0.29, 0.717) is 5.75 Å². The van der Waals surface area contributed by atoms with Crippen molar-refractivity contribution >= 4 is 22.5 Å². The lowest BCUT2D eigenvalue weighted by atomic mass is 10.1. The molecule has 2 aromatic rings. The fraction of sp³-hybridized carbons (Fsp3) is 0.278. The molecule has 4 nitrogen and oxygen atoms in total. The van der Waals surface area contributed by atoms with Crippen LogP contribution < -0.4 is 10.6 Å². The number of amides is 2. The van der Waals surface area contributed by atoms with E-state index < -0.39 is 10.8 Å². The molecule has 23 heavy (non-hydrogen) atoms. The van der Waals surface area contributed by atoms with Crippen LogP contribution in [0.1, 0.15) is 16.7 Å². The molecule has 2 amide bonds. The lowest BCUT2D eigenvalue weighted by molar-refractivity contribution is 0.249. The highest BCUT2D eigenvalue weighted by atomic mass is 32.2. The summed E-state index contributed by atoms with van der Waals surface area (Å²) in [4.78, 5) is 12.3. The topological polar surface area (TPSA) is 58.2 Å². The first-order valence-corrected chi connectivity index (χ1v) is 9.37. The highest BCUT2D eigenvalue weighted by Crippen LogP contribution is 2.22. The molecule has 2 aromatic carbocycles. The summed E-state index contributed by atoms with van der Waals surface area (Å²) in [5.41, 5.74) is 4.22. The molecule has 0 fully saturated rings. The van der Waals surface area contributed by atoms with Crippen LogP contribution in [-0.4, -0.2) is 22.5 Å². The summed E-state index contributed by atoms with van der Waals surface area (Å²) >= 11 is 0. The Morgan fingerprint density at radius 2 is 1.70 bits per heavy atom. The predicted octanol–water partition coefficient (Wildman–Crippen LogP) is 2.85. The Morgan fingerprint density at radius 3 is 2.35 bits per heavy atom. The molecule has 1 aliphatic rings. The van der Waals surface area contributed by atoms with Crippen molar-refractivity contribution in [3.8, 4) is 0 Å². The van der Waals surface area contributed by atoms with Crippen molar-refractivity contribution in [3.63, 3.8) is 0 Å². The fourth-order valence-corrected chi connectivity index (χ4v) is 3.68. The van der Waals surface area contributed by atoms with Gasteiger partial charge in [0.15, 0.2) is 0 Å². The van der Waals surface area contributed by atoms with Crippen LogP contribution in [0.25, 0.3) is 0 Å². The summed E-state index contributed by atoms with van der Waals surface area (Å²) < 4.78 is 11.4. The van der Waals surface area contributed by atoms with E-state index in [-0.39, 0.29) is 12.1 Å². The maximum absolute atomic E-state index is 12.3. The smallest absolute Gasteiger partial charge is 0.319 e. The maximum Gasteiger partial charge on any atom is 0.319 e. The molecular formula is C18H20N2O2S. The third kappa shape index (κ3) is 3.99. The lowest BCUT2D eigenvalue weighted by Gasteiger charge is -2.15. The Balaban J connectivity index is 1.62. The van der Waals surface area contributed by atoms with Gasteiger partial charge < -0.3 is 10.6 Å². The van der Waals surface area contributed by atoms with Crippen LogP contribution in [0, 0.1) is 0 Å². The second-order valence-electron chi connectivity index (χ2n) is 5.85. The van der Waals surface area contributed by atoms with Gasteiger partial charge in [0.05, 0.1) is 5.75 Å². The quantitative estimate of drug-likeness (QED) is 0.907. The molecule has 0 spiro atoms. The first-order valence-electron chi connectivity index (χ1n) is 7.64. The van der Waals surface area contributed by atoms with Gasteiger partial charge >= 0.3 is 6.03 Å². The van der Waals surface area contributed by atoms with Gasteiger partial charge in [-0.05, 0) is 35.6 Å². The standard InChI is InChI=1S/C18H20N2O2S/c1-23(22)12-15-8-4-5-9-17(15)20-18(21)19-16-10-13-6-2-3-7-14(13)11-16/h2-9,16H,10-12H2,1H3,(H2,19,20,21). The van der Waals surface area contributed by atoms with E-state index in [9.17, 15) is 9.00 Å². The molecule has 0 heterocycles. The molecule has 1 unspecified atom stereocenters. The molecule has 0 bridgehead atoms. The number of para-hydroxylation sites is 1. The maximum atomic E-state index is 12.3. The van der Waals surface area contributed by atoms with Crippen molar-refractivity contribution in [1.29, 1.82) is 0 Å². The van der Waals surface area contributed by atoms with Crippen LogP contribution in [0.3, 0.4) is 0 Å². The SMILES string of the molecule is CS(=O)Cc1ccccc1NC(=O)NC1Cc2ccccc2C1. The molecule has 5 heteroatoms. The molecule has 0 aromatic heterocycles. The molecule has 3 rings (SSSR count). The molecule has 1 aliphatic carbocycles. The van der Waals surface area contributed by atoms with Gasteiger partial charge in [0.1, 0.15) is 0 Å². The number of carbonyl (C=O) groups excluding carboxylic acids is 1. The Labute approximate surface area is 138 Å². The Bertz CT molecular complexity index is 720. The van der Waals surface area contributed by atoms with E-state index >= 15 is 0 Å². The van der Waals surface area contributed by atoms with Gasteiger partial charge in [-0.25, -0.2) is 4.79 Å². The number of fused-ring (bicyclic) bond motifs is 1. The Morgan fingerprint density at radius 1 is 1.09 bits per heavy atom. The van der Waals surface area contributed by atoms with Crippen molar-refractivity contribution in [2.75, 3.05) is 11.6 Å². The third-order valence-corrected chi connectivity index (χ3v) is 4.73. The van der Waals surface area contributed by atoms with Gasteiger partial charge in [0.2, 0.25) is 0 Å². The largest absolute Gasteiger partial charge is 0.334 e. The second kappa shape index (κ2) is 6.96. The van der Waals surface area contributed by atoms with Crippen LogP contribution in [0.15, 0.2) is 48.5 Å². The molecule has 0 saturated heterocycles. The van der Waals surface area contributed by atoms with E-state index in [4.69, 9.17) is 0 Å². The summed E-state index contributed by atoms with van der Waals surface area (Å²) in [6.45, 7) is 0. The summed E-state index contributed by atoms with van der Waals surface area (Å²) in [6.07, 6.45) is 3.39. The summed E-state index contributed by atoms with van der Waals surface area (Å²) in [5.74, 6) is 0.436. The zero-order valence-corrected chi connectivity index (χ0v) is 13.9. The van der Waals surface area contributed by atoms with Crippen LogP contribution >= 0.6 is 0 Å². The van der Waals surface area contributed by atoms with Crippen LogP contribution in [0.2, 0.25) is 0 Å². The Kier molecular flexibility index (Phi) is 4.76. The first-order chi connectivity index (χ1) is 11.1. The van der Waals surface area contributed by atoms with Crippen molar-refractivity contribution in [1.82, 2.24) is 5.32 Å². The van der Waals surface area contributed by atoms with Crippen LogP contribution in [-0.2, 0) is 29.4 Å². The lowest BCUT2D eigenvalue weighted by Crippen LogP contribution is -2.38. The van der Waals surface area contributed by atoms with Gasteiger partial charge in [0, 0.05) is 28.8 Å². The Hall–Kier alpha value is -2.14. The predicted molar refractivity (Wildman–Crippen MR) is 94.0 cm³/mol. The van der Waals surface area contributed by atoms with E-state index in [0.717, 1.165) is 24.1 Å². The molecule has 1 atom stereocenters. The van der Waals surface area contributed by atoms with Crippen LogP contribution in [0.4, 0.5) is 10.5 Å². The van der Waals surface area contributed by atoms with Gasteiger partial charge in [-0.3, -0.25) is 4.21 Å². The third-order valence-electron chi connectivity index (χ3n) is 4.01. The fourth-order valence-electron chi connectivity index (χ4n) is 2.99. The van der Waals surface area contributed by atoms with Crippen molar-refractivity contribution in [2.24, 2.45) is 0 Å². The normalized spacial score (nSPS) is 15.0. The molecule has 2 N–H and O–H groups in total. The van der Waals surface area contributed by atoms with Gasteiger partial charge in [0.25, 0.3) is 0 Å². The van der Waals surface area contributed by atoms with Gasteiger partial charge in [-0.1, -0.05) is 42.5 Å². The van der Waals surface area contributed by atoms with Gasteiger partial charge in [-0.2, -0.15) is 0 Å². The summed E-state index contributed by atoms with van der Waals surface area (Å²) in [6, 6.07) is 15.7. The minimum absolute atomic E-state index is 0.125. The number of hydrogen-bond acceptors (Lipinski definition) is 2. The number of rotatable bonds is 4. The zero-order chi connectivity index (χ0) is 16.2. The number of hydrogen-bond donors (Lipinski definition) is 2. The summed E-state index contributed by atoms with van der Waals surface area (Å²) in [5, 5.41) is 5.91. The molecule has 120 valence electrons. The highest BCUT2D eigenvalue weighted by Gasteiger charge is 2.22. The van der Waals surface area contributed by atoms with Crippen LogP contribution in [0.5, 0.6) is 0 Å². The van der Waals surface area contributed by atoms with Crippen molar-refractivity contribution in [2.45, 2.75) is 24.6 Å². The van der Waals surface area contributed by atoms with Gasteiger partial charge in [-0.15, -0.1) is 0 Å². The molecule has 0 saturated carbocycles. The first kappa shape index (κ1) is 15.7. The molecule has 0 aliphatic heterocycles. The van der Waals surface area contributed by atoms with Crippen molar-refractivity contribution in [3.05, 3.63) is 65.2 Å². The highest BCUT2D eigenvalue weighted by molar-refractivity contribution is 7.83. The van der Waals surface area contributed by atoms with E-state index in [1.54, 1.807) is 6.26 Å².